The van der Waals surface area contributed by atoms with Crippen LogP contribution in [0.1, 0.15) is 41.1 Å². The molecule has 1 aromatic heterocycles. The first-order valence-corrected chi connectivity index (χ1v) is 8.42. The topological polar surface area (TPSA) is 74.6 Å². The van der Waals surface area contributed by atoms with Gasteiger partial charge >= 0.3 is 0 Å². The molecular weight excluding hydrogens is 330 g/mol. The molecule has 7 heteroatoms. The van der Waals surface area contributed by atoms with Gasteiger partial charge in [-0.25, -0.2) is 0 Å². The molecule has 0 radical (unpaired) electrons. The summed E-state index contributed by atoms with van der Waals surface area (Å²) in [5, 5.41) is 6.31. The number of amides is 2. The highest BCUT2D eigenvalue weighted by molar-refractivity contribution is 5.95. The van der Waals surface area contributed by atoms with E-state index in [0.717, 1.165) is 51.2 Å². The minimum Gasteiger partial charge on any atom is -0.466 e. The van der Waals surface area contributed by atoms with E-state index in [0.29, 0.717) is 11.3 Å². The predicted octanol–water partition coefficient (Wildman–Crippen LogP) is 1.65. The maximum Gasteiger partial charge on any atom is 0.255 e. The van der Waals surface area contributed by atoms with Crippen LogP contribution in [0.2, 0.25) is 0 Å². The highest BCUT2D eigenvalue weighted by atomic mass is 35.5. The number of hydrogen-bond acceptors (Lipinski definition) is 4. The van der Waals surface area contributed by atoms with Gasteiger partial charge in [-0.15, -0.1) is 12.4 Å². The molecule has 1 unspecified atom stereocenters. The molecule has 3 heterocycles. The van der Waals surface area contributed by atoms with Crippen molar-refractivity contribution in [2.45, 2.75) is 39.2 Å². The maximum atomic E-state index is 12.4. The fourth-order valence-corrected chi connectivity index (χ4v) is 3.49. The molecule has 0 spiro atoms. The van der Waals surface area contributed by atoms with Crippen molar-refractivity contribution < 1.29 is 14.0 Å². The van der Waals surface area contributed by atoms with Gasteiger partial charge in [0.1, 0.15) is 11.5 Å². The number of carbonyl (C=O) groups excluding carboxylic acids is 2. The molecule has 2 saturated heterocycles. The number of furan rings is 1. The number of carbonyl (C=O) groups is 2. The van der Waals surface area contributed by atoms with E-state index in [1.807, 2.05) is 11.8 Å². The van der Waals surface area contributed by atoms with Gasteiger partial charge in [-0.05, 0) is 45.7 Å². The molecule has 2 aliphatic heterocycles. The largest absolute Gasteiger partial charge is 0.466 e. The van der Waals surface area contributed by atoms with Crippen molar-refractivity contribution >= 4 is 24.2 Å². The van der Waals surface area contributed by atoms with Gasteiger partial charge in [-0.1, -0.05) is 0 Å². The number of piperidine rings is 1. The fraction of sp³-hybridized carbons (Fsp3) is 0.647. The summed E-state index contributed by atoms with van der Waals surface area (Å²) < 4.78 is 5.41. The minimum atomic E-state index is -0.0795. The number of rotatable bonds is 3. The molecule has 6 nitrogen and oxygen atoms in total. The molecule has 134 valence electrons. The first-order valence-electron chi connectivity index (χ1n) is 8.42. The van der Waals surface area contributed by atoms with Crippen LogP contribution < -0.4 is 10.6 Å². The lowest BCUT2D eigenvalue weighted by Crippen LogP contribution is -2.48. The third kappa shape index (κ3) is 4.11. The highest BCUT2D eigenvalue weighted by Crippen LogP contribution is 2.18. The van der Waals surface area contributed by atoms with Crippen molar-refractivity contribution in [2.75, 3.05) is 26.2 Å². The molecule has 2 N–H and O–H groups in total. The van der Waals surface area contributed by atoms with E-state index in [2.05, 4.69) is 10.6 Å². The SMILES string of the molecule is Cc1cc(C(=O)NC2CCN(C(=O)C3CCNC3)CC2)c(C)o1.Cl. The highest BCUT2D eigenvalue weighted by Gasteiger charge is 2.30. The second-order valence-corrected chi connectivity index (χ2v) is 6.59. The molecule has 0 aliphatic carbocycles. The molecule has 24 heavy (non-hydrogen) atoms. The summed E-state index contributed by atoms with van der Waals surface area (Å²) in [5.74, 6) is 1.72. The third-order valence-electron chi connectivity index (χ3n) is 4.84. The first-order chi connectivity index (χ1) is 11.0. The number of nitrogens with one attached hydrogen (secondary N) is 2. The van der Waals surface area contributed by atoms with E-state index >= 15 is 0 Å². The van der Waals surface area contributed by atoms with Crippen molar-refractivity contribution in [3.8, 4) is 0 Å². The van der Waals surface area contributed by atoms with E-state index in [1.54, 1.807) is 13.0 Å². The Morgan fingerprint density at radius 2 is 1.96 bits per heavy atom. The van der Waals surface area contributed by atoms with Crippen LogP contribution in [0.15, 0.2) is 10.5 Å². The normalized spacial score (nSPS) is 21.4. The standard InChI is InChI=1S/C17H25N3O3.ClH/c1-11-9-15(12(2)23-11)16(21)19-14-4-7-20(8-5-14)17(22)13-3-6-18-10-13;/h9,13-14,18H,3-8,10H2,1-2H3,(H,19,21);1H. The molecule has 0 saturated carbocycles. The lowest BCUT2D eigenvalue weighted by molar-refractivity contribution is -0.136. The summed E-state index contributed by atoms with van der Waals surface area (Å²) in [6, 6.07) is 1.90. The van der Waals surface area contributed by atoms with E-state index in [9.17, 15) is 9.59 Å². The Hall–Kier alpha value is -1.53. The molecule has 0 bridgehead atoms. The van der Waals surface area contributed by atoms with Crippen LogP contribution in [0.4, 0.5) is 0 Å². The third-order valence-corrected chi connectivity index (χ3v) is 4.84. The van der Waals surface area contributed by atoms with Gasteiger partial charge in [0.15, 0.2) is 0 Å². The monoisotopic (exact) mass is 355 g/mol. The Balaban J connectivity index is 0.00000208. The Bertz CT molecular complexity index is 588. The zero-order valence-electron chi connectivity index (χ0n) is 14.3. The van der Waals surface area contributed by atoms with Crippen LogP contribution in [-0.4, -0.2) is 48.9 Å². The Morgan fingerprint density at radius 1 is 1.25 bits per heavy atom. The van der Waals surface area contributed by atoms with Crippen molar-refractivity contribution in [3.05, 3.63) is 23.2 Å². The number of hydrogen-bond donors (Lipinski definition) is 2. The van der Waals surface area contributed by atoms with Crippen LogP contribution in [0, 0.1) is 19.8 Å². The Kier molecular flexibility index (Phi) is 6.29. The van der Waals surface area contributed by atoms with Gasteiger partial charge < -0.3 is 20.0 Å². The van der Waals surface area contributed by atoms with Gasteiger partial charge in [0.2, 0.25) is 5.91 Å². The number of aryl methyl sites for hydroxylation is 2. The van der Waals surface area contributed by atoms with Gasteiger partial charge in [0.05, 0.1) is 11.5 Å². The summed E-state index contributed by atoms with van der Waals surface area (Å²) in [5.41, 5.74) is 0.609. The fourth-order valence-electron chi connectivity index (χ4n) is 3.49. The van der Waals surface area contributed by atoms with E-state index in [4.69, 9.17) is 4.42 Å². The smallest absolute Gasteiger partial charge is 0.255 e. The summed E-state index contributed by atoms with van der Waals surface area (Å²) >= 11 is 0. The second-order valence-electron chi connectivity index (χ2n) is 6.59. The van der Waals surface area contributed by atoms with Gasteiger partial charge in [0.25, 0.3) is 5.91 Å². The molecule has 1 aromatic rings. The zero-order chi connectivity index (χ0) is 16.4. The summed E-state index contributed by atoms with van der Waals surface area (Å²) in [6.07, 6.45) is 2.57. The van der Waals surface area contributed by atoms with E-state index in [1.165, 1.54) is 0 Å². The maximum absolute atomic E-state index is 12.4. The van der Waals surface area contributed by atoms with Crippen LogP contribution >= 0.6 is 12.4 Å². The average molecular weight is 356 g/mol. The average Bonchev–Trinajstić information content (AvgIpc) is 3.17. The molecular formula is C17H26ClN3O3. The van der Waals surface area contributed by atoms with Crippen molar-refractivity contribution in [3.63, 3.8) is 0 Å². The number of likely N-dealkylation sites (tertiary alicyclic amines) is 1. The second kappa shape index (κ2) is 8.03. The summed E-state index contributed by atoms with van der Waals surface area (Å²) in [7, 11) is 0. The molecule has 2 amide bonds. The van der Waals surface area contributed by atoms with Crippen molar-refractivity contribution in [1.29, 1.82) is 0 Å². The Morgan fingerprint density at radius 3 is 2.50 bits per heavy atom. The van der Waals surface area contributed by atoms with Gasteiger partial charge in [-0.3, -0.25) is 9.59 Å². The summed E-state index contributed by atoms with van der Waals surface area (Å²) in [6.45, 7) is 6.83. The molecule has 2 aliphatic rings. The molecule has 0 aromatic carbocycles. The quantitative estimate of drug-likeness (QED) is 0.864. The van der Waals surface area contributed by atoms with Crippen LogP contribution in [-0.2, 0) is 4.79 Å². The lowest BCUT2D eigenvalue weighted by atomic mass is 10.0. The van der Waals surface area contributed by atoms with Gasteiger partial charge in [0, 0.05) is 25.7 Å². The predicted molar refractivity (Wildman–Crippen MR) is 93.5 cm³/mol. The van der Waals surface area contributed by atoms with Crippen LogP contribution in [0.5, 0.6) is 0 Å². The van der Waals surface area contributed by atoms with E-state index < -0.39 is 0 Å². The number of halogens is 1. The summed E-state index contributed by atoms with van der Waals surface area (Å²) in [4.78, 5) is 26.6. The van der Waals surface area contributed by atoms with Gasteiger partial charge in [-0.2, -0.15) is 0 Å². The zero-order valence-corrected chi connectivity index (χ0v) is 15.1. The molecule has 2 fully saturated rings. The van der Waals surface area contributed by atoms with Crippen molar-refractivity contribution in [1.82, 2.24) is 15.5 Å². The number of nitrogens with zero attached hydrogens (tertiary/aromatic N) is 1. The van der Waals surface area contributed by atoms with E-state index in [-0.39, 0.29) is 36.2 Å². The lowest BCUT2D eigenvalue weighted by Gasteiger charge is -2.33. The van der Waals surface area contributed by atoms with Crippen LogP contribution in [0.3, 0.4) is 0 Å². The minimum absolute atomic E-state index is 0. The Labute approximate surface area is 148 Å². The van der Waals surface area contributed by atoms with Crippen LogP contribution in [0.25, 0.3) is 0 Å². The molecule has 3 rings (SSSR count). The van der Waals surface area contributed by atoms with Crippen molar-refractivity contribution in [2.24, 2.45) is 5.92 Å². The first kappa shape index (κ1) is 18.8. The molecule has 1 atom stereocenters.